The first-order valence-corrected chi connectivity index (χ1v) is 6.50. The summed E-state index contributed by atoms with van der Waals surface area (Å²) in [5.74, 6) is 0.493. The Balaban J connectivity index is 2.29. The number of hydrogen-bond donors (Lipinski definition) is 1. The van der Waals surface area contributed by atoms with Crippen molar-refractivity contribution in [1.29, 1.82) is 0 Å². The van der Waals surface area contributed by atoms with Crippen molar-refractivity contribution in [3.05, 3.63) is 35.6 Å². The molecular formula is C13H13NO4S. The van der Waals surface area contributed by atoms with Crippen LogP contribution < -0.4 is 4.74 Å². The third kappa shape index (κ3) is 2.90. The van der Waals surface area contributed by atoms with Crippen LogP contribution in [-0.4, -0.2) is 36.1 Å². The maximum absolute atomic E-state index is 11.6. The normalized spacial score (nSPS) is 16.8. The number of aliphatic hydroxyl groups is 1. The van der Waals surface area contributed by atoms with Crippen LogP contribution in [0.4, 0.5) is 5.69 Å². The first-order chi connectivity index (χ1) is 9.15. The lowest BCUT2D eigenvalue weighted by Gasteiger charge is -2.03. The van der Waals surface area contributed by atoms with Gasteiger partial charge in [-0.3, -0.25) is 0 Å². The largest absolute Gasteiger partial charge is 0.510 e. The van der Waals surface area contributed by atoms with Crippen LogP contribution >= 0.6 is 11.8 Å². The Labute approximate surface area is 114 Å². The van der Waals surface area contributed by atoms with E-state index in [-0.39, 0.29) is 11.3 Å². The summed E-state index contributed by atoms with van der Waals surface area (Å²) in [6, 6.07) is 7.11. The van der Waals surface area contributed by atoms with Crippen molar-refractivity contribution in [2.24, 2.45) is 4.99 Å². The third-order valence-electron chi connectivity index (χ3n) is 2.54. The summed E-state index contributed by atoms with van der Waals surface area (Å²) in [7, 11) is 2.86. The number of carbonyl (C=O) groups is 1. The predicted molar refractivity (Wildman–Crippen MR) is 74.2 cm³/mol. The molecule has 0 saturated heterocycles. The number of carbonyl (C=O) groups excluding carboxylic acids is 1. The fourth-order valence-corrected chi connectivity index (χ4v) is 2.51. The van der Waals surface area contributed by atoms with Crippen LogP contribution in [0.2, 0.25) is 0 Å². The molecule has 0 bridgehead atoms. The van der Waals surface area contributed by atoms with Crippen molar-refractivity contribution >= 4 is 28.5 Å². The number of hydrogen-bond acceptors (Lipinski definition) is 6. The highest BCUT2D eigenvalue weighted by Gasteiger charge is 2.28. The summed E-state index contributed by atoms with van der Waals surface area (Å²) in [5.41, 5.74) is 0.822. The molecule has 1 aliphatic rings. The average molecular weight is 279 g/mol. The molecule has 1 aromatic carbocycles. The number of nitrogens with zero attached hydrogens (tertiary/aromatic N) is 1. The summed E-state index contributed by atoms with van der Waals surface area (Å²) < 4.78 is 9.69. The number of aliphatic hydroxyl groups excluding tert-OH is 1. The molecule has 5 nitrogen and oxygen atoms in total. The maximum Gasteiger partial charge on any atom is 0.344 e. The Morgan fingerprint density at radius 2 is 2.00 bits per heavy atom. The molecule has 1 heterocycles. The third-order valence-corrected chi connectivity index (χ3v) is 3.53. The van der Waals surface area contributed by atoms with Crippen molar-refractivity contribution < 1.29 is 19.4 Å². The summed E-state index contributed by atoms with van der Waals surface area (Å²) >= 11 is 1.30. The van der Waals surface area contributed by atoms with Crippen LogP contribution in [0.5, 0.6) is 5.75 Å². The number of ether oxygens (including phenoxy) is 2. The molecule has 1 aromatic rings. The molecule has 19 heavy (non-hydrogen) atoms. The topological polar surface area (TPSA) is 68.1 Å². The Morgan fingerprint density at radius 3 is 2.58 bits per heavy atom. The molecule has 100 valence electrons. The number of aliphatic imine (C=N–C) groups is 1. The zero-order chi connectivity index (χ0) is 13.8. The van der Waals surface area contributed by atoms with E-state index in [0.29, 0.717) is 16.5 Å². The van der Waals surface area contributed by atoms with E-state index in [9.17, 15) is 9.90 Å². The van der Waals surface area contributed by atoms with Crippen LogP contribution in [0, 0.1) is 0 Å². The fourth-order valence-electron chi connectivity index (χ4n) is 1.57. The van der Waals surface area contributed by atoms with Crippen molar-refractivity contribution in [2.45, 2.75) is 0 Å². The van der Waals surface area contributed by atoms with Gasteiger partial charge in [-0.05, 0) is 24.3 Å². The van der Waals surface area contributed by atoms with Crippen LogP contribution in [0.15, 0.2) is 40.6 Å². The molecule has 2 rings (SSSR count). The van der Waals surface area contributed by atoms with E-state index < -0.39 is 5.97 Å². The van der Waals surface area contributed by atoms with Crippen LogP contribution in [-0.2, 0) is 9.53 Å². The molecular weight excluding hydrogens is 266 g/mol. The molecule has 0 radical (unpaired) electrons. The predicted octanol–water partition coefficient (Wildman–Crippen LogP) is 2.46. The second kappa shape index (κ2) is 5.79. The second-order valence-corrected chi connectivity index (χ2v) is 4.68. The van der Waals surface area contributed by atoms with Gasteiger partial charge < -0.3 is 14.6 Å². The van der Waals surface area contributed by atoms with E-state index >= 15 is 0 Å². The Morgan fingerprint density at radius 1 is 1.32 bits per heavy atom. The Bertz CT molecular complexity index is 548. The van der Waals surface area contributed by atoms with Gasteiger partial charge in [-0.25, -0.2) is 9.79 Å². The lowest BCUT2D eigenvalue weighted by Crippen LogP contribution is -2.10. The van der Waals surface area contributed by atoms with Gasteiger partial charge in [-0.15, -0.1) is 0 Å². The molecule has 0 atom stereocenters. The summed E-state index contributed by atoms with van der Waals surface area (Å²) in [6.45, 7) is 0. The SMILES string of the molecule is COC(=O)C1=C(O)CSC1=Nc1ccc(OC)cc1. The number of benzene rings is 1. The molecule has 1 N–H and O–H groups in total. The lowest BCUT2D eigenvalue weighted by atomic mass is 10.2. The summed E-state index contributed by atoms with van der Waals surface area (Å²) in [6.07, 6.45) is 0. The van der Waals surface area contributed by atoms with E-state index in [1.165, 1.54) is 18.9 Å². The average Bonchev–Trinajstić information content (AvgIpc) is 2.80. The van der Waals surface area contributed by atoms with Gasteiger partial charge in [0, 0.05) is 0 Å². The summed E-state index contributed by atoms with van der Waals surface area (Å²) in [4.78, 5) is 15.9. The molecule has 0 aromatic heterocycles. The van der Waals surface area contributed by atoms with Gasteiger partial charge in [0.2, 0.25) is 0 Å². The van der Waals surface area contributed by atoms with Crippen molar-refractivity contribution in [3.63, 3.8) is 0 Å². The first-order valence-electron chi connectivity index (χ1n) is 5.52. The van der Waals surface area contributed by atoms with Gasteiger partial charge in [0.1, 0.15) is 22.1 Å². The quantitative estimate of drug-likeness (QED) is 0.861. The molecule has 0 unspecified atom stereocenters. The molecule has 1 aliphatic heterocycles. The zero-order valence-corrected chi connectivity index (χ0v) is 11.4. The molecule has 0 saturated carbocycles. The maximum atomic E-state index is 11.6. The van der Waals surface area contributed by atoms with Crippen LogP contribution in [0.3, 0.4) is 0 Å². The van der Waals surface area contributed by atoms with Gasteiger partial charge >= 0.3 is 5.97 Å². The van der Waals surface area contributed by atoms with E-state index in [4.69, 9.17) is 4.74 Å². The second-order valence-electron chi connectivity index (χ2n) is 3.72. The Kier molecular flexibility index (Phi) is 4.11. The molecule has 0 spiro atoms. The number of rotatable bonds is 3. The minimum absolute atomic E-state index is 0.00381. The zero-order valence-electron chi connectivity index (χ0n) is 10.5. The van der Waals surface area contributed by atoms with Crippen molar-refractivity contribution in [2.75, 3.05) is 20.0 Å². The molecule has 6 heteroatoms. The van der Waals surface area contributed by atoms with Crippen molar-refractivity contribution in [3.8, 4) is 5.75 Å². The number of esters is 1. The van der Waals surface area contributed by atoms with E-state index in [1.54, 1.807) is 31.4 Å². The highest BCUT2D eigenvalue weighted by molar-refractivity contribution is 8.15. The van der Waals surface area contributed by atoms with Gasteiger partial charge in [-0.2, -0.15) is 0 Å². The molecule has 0 fully saturated rings. The first kappa shape index (κ1) is 13.5. The highest BCUT2D eigenvalue weighted by Crippen LogP contribution is 2.30. The van der Waals surface area contributed by atoms with Gasteiger partial charge in [0.15, 0.2) is 0 Å². The van der Waals surface area contributed by atoms with Crippen molar-refractivity contribution in [1.82, 2.24) is 0 Å². The van der Waals surface area contributed by atoms with E-state index in [2.05, 4.69) is 9.73 Å². The van der Waals surface area contributed by atoms with E-state index in [1.807, 2.05) is 0 Å². The lowest BCUT2D eigenvalue weighted by molar-refractivity contribution is -0.135. The van der Waals surface area contributed by atoms with Gasteiger partial charge in [-0.1, -0.05) is 11.8 Å². The minimum atomic E-state index is -0.574. The number of thioether (sulfide) groups is 1. The molecule has 0 amide bonds. The minimum Gasteiger partial charge on any atom is -0.510 e. The summed E-state index contributed by atoms with van der Waals surface area (Å²) in [5, 5.41) is 10.1. The Hall–Kier alpha value is -1.95. The fraction of sp³-hybridized carbons (Fsp3) is 0.231. The van der Waals surface area contributed by atoms with Crippen LogP contribution in [0.1, 0.15) is 0 Å². The highest BCUT2D eigenvalue weighted by atomic mass is 32.2. The van der Waals surface area contributed by atoms with E-state index in [0.717, 1.165) is 5.75 Å². The standard InChI is InChI=1S/C13H13NO4S/c1-17-9-5-3-8(4-6-9)14-12-11(13(16)18-2)10(15)7-19-12/h3-6,15H,7H2,1-2H3. The number of methoxy groups -OCH3 is 2. The van der Waals surface area contributed by atoms with Gasteiger partial charge in [0.05, 0.1) is 25.7 Å². The molecule has 0 aliphatic carbocycles. The van der Waals surface area contributed by atoms with Crippen LogP contribution in [0.25, 0.3) is 0 Å². The monoisotopic (exact) mass is 279 g/mol. The van der Waals surface area contributed by atoms with Gasteiger partial charge in [0.25, 0.3) is 0 Å². The smallest absolute Gasteiger partial charge is 0.344 e.